The third-order valence-electron chi connectivity index (χ3n) is 3.83. The third-order valence-corrected chi connectivity index (χ3v) is 4.82. The van der Waals surface area contributed by atoms with Crippen LogP contribution in [0.5, 0.6) is 0 Å². The molecule has 116 valence electrons. The summed E-state index contributed by atoms with van der Waals surface area (Å²) in [5.41, 5.74) is 5.22. The fraction of sp³-hybridized carbons (Fsp3) is 0.571. The number of carbonyl (C=O) groups excluding carboxylic acids is 2. The minimum atomic E-state index is -0.606. The number of carbonyl (C=O) groups is 2. The molecule has 0 spiro atoms. The van der Waals surface area contributed by atoms with Crippen molar-refractivity contribution in [2.45, 2.75) is 31.3 Å². The number of nitrogens with zero attached hydrogens (tertiary/aromatic N) is 1. The molecule has 4 N–H and O–H groups in total. The van der Waals surface area contributed by atoms with Gasteiger partial charge >= 0.3 is 6.03 Å². The fourth-order valence-electron chi connectivity index (χ4n) is 2.60. The van der Waals surface area contributed by atoms with Crippen LogP contribution in [0.2, 0.25) is 0 Å². The van der Waals surface area contributed by atoms with Crippen LogP contribution in [0.25, 0.3) is 0 Å². The van der Waals surface area contributed by atoms with E-state index in [0.29, 0.717) is 0 Å². The summed E-state index contributed by atoms with van der Waals surface area (Å²) in [5.74, 6) is 0.0362. The number of amides is 3. The average Bonchev–Trinajstić information content (AvgIpc) is 3.00. The van der Waals surface area contributed by atoms with E-state index in [0.717, 1.165) is 30.8 Å². The largest absolute Gasteiger partial charge is 0.352 e. The average molecular weight is 310 g/mol. The van der Waals surface area contributed by atoms with Gasteiger partial charge in [0.25, 0.3) is 0 Å². The zero-order valence-electron chi connectivity index (χ0n) is 12.2. The number of nitrogens with two attached hydrogens (primary N) is 1. The molecule has 3 amide bonds. The van der Waals surface area contributed by atoms with E-state index < -0.39 is 6.03 Å². The normalized spacial score (nSPS) is 17.2. The number of piperidine rings is 1. The van der Waals surface area contributed by atoms with Gasteiger partial charge in [-0.3, -0.25) is 4.79 Å². The Kier molecular flexibility index (Phi) is 5.58. The lowest BCUT2D eigenvalue weighted by Gasteiger charge is -2.32. The number of rotatable bonds is 5. The molecule has 1 aliphatic rings. The van der Waals surface area contributed by atoms with Crippen molar-refractivity contribution in [2.75, 3.05) is 20.1 Å². The van der Waals surface area contributed by atoms with Gasteiger partial charge in [0.2, 0.25) is 5.91 Å². The number of hydrogen-bond donors (Lipinski definition) is 3. The minimum absolute atomic E-state index is 0.0362. The van der Waals surface area contributed by atoms with Crippen molar-refractivity contribution in [3.05, 3.63) is 22.4 Å². The highest BCUT2D eigenvalue weighted by Crippen LogP contribution is 2.23. The number of urea groups is 1. The van der Waals surface area contributed by atoms with Crippen molar-refractivity contribution in [1.29, 1.82) is 0 Å². The summed E-state index contributed by atoms with van der Waals surface area (Å²) in [6.45, 7) is 1.88. The molecule has 0 bridgehead atoms. The summed E-state index contributed by atoms with van der Waals surface area (Å²) in [6, 6.07) is 3.13. The maximum absolute atomic E-state index is 12.4. The van der Waals surface area contributed by atoms with Gasteiger partial charge in [-0.1, -0.05) is 6.07 Å². The molecule has 0 saturated carbocycles. The van der Waals surface area contributed by atoms with Crippen LogP contribution in [0.1, 0.15) is 30.2 Å². The van der Waals surface area contributed by atoms with Crippen LogP contribution in [0.3, 0.4) is 0 Å². The van der Waals surface area contributed by atoms with Crippen LogP contribution < -0.4 is 16.4 Å². The molecule has 1 saturated heterocycles. The molecule has 1 aliphatic heterocycles. The van der Waals surface area contributed by atoms with E-state index in [4.69, 9.17) is 5.73 Å². The molecule has 0 radical (unpaired) electrons. The lowest BCUT2D eigenvalue weighted by Crippen LogP contribution is -2.45. The SMILES string of the molecule is CN(C(=O)CC(NC(N)=O)c1cccs1)C1CCNCC1. The van der Waals surface area contributed by atoms with Gasteiger partial charge in [0.15, 0.2) is 0 Å². The Morgan fingerprint density at radius 3 is 2.81 bits per heavy atom. The van der Waals surface area contributed by atoms with E-state index in [9.17, 15) is 9.59 Å². The van der Waals surface area contributed by atoms with E-state index in [1.165, 1.54) is 11.3 Å². The summed E-state index contributed by atoms with van der Waals surface area (Å²) >= 11 is 1.51. The van der Waals surface area contributed by atoms with Gasteiger partial charge in [-0.25, -0.2) is 4.79 Å². The van der Waals surface area contributed by atoms with Gasteiger partial charge in [-0.05, 0) is 37.4 Å². The molecule has 2 rings (SSSR count). The Balaban J connectivity index is 1.98. The van der Waals surface area contributed by atoms with Crippen molar-refractivity contribution in [1.82, 2.24) is 15.5 Å². The predicted molar refractivity (Wildman–Crippen MR) is 83.1 cm³/mol. The molecule has 1 atom stereocenters. The lowest BCUT2D eigenvalue weighted by atomic mass is 10.0. The Bertz CT molecular complexity index is 471. The lowest BCUT2D eigenvalue weighted by molar-refractivity contribution is -0.132. The van der Waals surface area contributed by atoms with Crippen molar-refractivity contribution in [3.63, 3.8) is 0 Å². The molecule has 2 heterocycles. The summed E-state index contributed by atoms with van der Waals surface area (Å²) < 4.78 is 0. The van der Waals surface area contributed by atoms with Crippen LogP contribution in [0.4, 0.5) is 4.79 Å². The van der Waals surface area contributed by atoms with Crippen LogP contribution >= 0.6 is 11.3 Å². The number of primary amides is 1. The first-order chi connectivity index (χ1) is 10.1. The third kappa shape index (κ3) is 4.44. The molecule has 21 heavy (non-hydrogen) atoms. The second kappa shape index (κ2) is 7.42. The topological polar surface area (TPSA) is 87.5 Å². The van der Waals surface area contributed by atoms with E-state index >= 15 is 0 Å². The zero-order valence-corrected chi connectivity index (χ0v) is 13.0. The Hall–Kier alpha value is -1.60. The van der Waals surface area contributed by atoms with Crippen LogP contribution in [0.15, 0.2) is 17.5 Å². The standard InChI is InChI=1S/C14H22N4O2S/c1-18(10-4-6-16-7-5-10)13(19)9-11(17-14(15)20)12-3-2-8-21-12/h2-3,8,10-11,16H,4-7,9H2,1H3,(H3,15,17,20). The summed E-state index contributed by atoms with van der Waals surface area (Å²) in [4.78, 5) is 26.3. The van der Waals surface area contributed by atoms with E-state index in [1.54, 1.807) is 0 Å². The first kappa shape index (κ1) is 15.8. The zero-order chi connectivity index (χ0) is 15.2. The smallest absolute Gasteiger partial charge is 0.312 e. The Labute approximate surface area is 128 Å². The molecule has 1 fully saturated rings. The van der Waals surface area contributed by atoms with Crippen LogP contribution in [-0.4, -0.2) is 43.0 Å². The molecule has 1 unspecified atom stereocenters. The van der Waals surface area contributed by atoms with Gasteiger partial charge in [-0.2, -0.15) is 0 Å². The maximum Gasteiger partial charge on any atom is 0.312 e. The molecule has 0 aromatic carbocycles. The Morgan fingerprint density at radius 1 is 1.52 bits per heavy atom. The maximum atomic E-state index is 12.4. The number of thiophene rings is 1. The summed E-state index contributed by atoms with van der Waals surface area (Å²) in [6.07, 6.45) is 2.17. The summed E-state index contributed by atoms with van der Waals surface area (Å²) in [7, 11) is 1.84. The molecule has 1 aromatic rings. The highest BCUT2D eigenvalue weighted by atomic mass is 32.1. The van der Waals surface area contributed by atoms with Gasteiger partial charge in [0.1, 0.15) is 0 Å². The fourth-order valence-corrected chi connectivity index (χ4v) is 3.38. The van der Waals surface area contributed by atoms with Crippen molar-refractivity contribution in [2.24, 2.45) is 5.73 Å². The quantitative estimate of drug-likeness (QED) is 0.760. The molecule has 1 aromatic heterocycles. The molecule has 6 nitrogen and oxygen atoms in total. The predicted octanol–water partition coefficient (Wildman–Crippen LogP) is 1.06. The van der Waals surface area contributed by atoms with E-state index in [-0.39, 0.29) is 24.4 Å². The van der Waals surface area contributed by atoms with Crippen molar-refractivity contribution < 1.29 is 9.59 Å². The number of nitrogens with one attached hydrogen (secondary N) is 2. The molecular formula is C14H22N4O2S. The minimum Gasteiger partial charge on any atom is -0.352 e. The highest BCUT2D eigenvalue weighted by molar-refractivity contribution is 7.10. The Morgan fingerprint density at radius 2 is 2.24 bits per heavy atom. The van der Waals surface area contributed by atoms with Gasteiger partial charge in [0, 0.05) is 18.0 Å². The van der Waals surface area contributed by atoms with E-state index in [1.807, 2.05) is 29.5 Å². The summed E-state index contributed by atoms with van der Waals surface area (Å²) in [5, 5.41) is 7.87. The molecule has 7 heteroatoms. The monoisotopic (exact) mass is 310 g/mol. The first-order valence-electron chi connectivity index (χ1n) is 7.13. The number of hydrogen-bond acceptors (Lipinski definition) is 4. The van der Waals surface area contributed by atoms with E-state index in [2.05, 4.69) is 10.6 Å². The first-order valence-corrected chi connectivity index (χ1v) is 8.01. The van der Waals surface area contributed by atoms with Crippen LogP contribution in [0, 0.1) is 0 Å². The molecule has 0 aliphatic carbocycles. The van der Waals surface area contributed by atoms with Crippen molar-refractivity contribution in [3.8, 4) is 0 Å². The van der Waals surface area contributed by atoms with Gasteiger partial charge < -0.3 is 21.3 Å². The van der Waals surface area contributed by atoms with Gasteiger partial charge in [-0.15, -0.1) is 11.3 Å². The van der Waals surface area contributed by atoms with Crippen LogP contribution in [-0.2, 0) is 4.79 Å². The second-order valence-electron chi connectivity index (χ2n) is 5.27. The van der Waals surface area contributed by atoms with Gasteiger partial charge in [0.05, 0.1) is 12.5 Å². The van der Waals surface area contributed by atoms with Crippen molar-refractivity contribution >= 4 is 23.3 Å². The molecular weight excluding hydrogens is 288 g/mol. The second-order valence-corrected chi connectivity index (χ2v) is 6.25. The highest BCUT2D eigenvalue weighted by Gasteiger charge is 2.25.